The first-order valence-corrected chi connectivity index (χ1v) is 8.15. The number of aliphatic hydroxyl groups excluding tert-OH is 1. The number of imidazole rings is 1. The topological polar surface area (TPSA) is 50.1 Å². The lowest BCUT2D eigenvalue weighted by molar-refractivity contribution is 0.0989. The molecule has 0 spiro atoms. The van der Waals surface area contributed by atoms with Gasteiger partial charge >= 0.3 is 0 Å². The van der Waals surface area contributed by atoms with E-state index in [1.807, 2.05) is 10.8 Å². The Balaban J connectivity index is 1.91. The summed E-state index contributed by atoms with van der Waals surface area (Å²) in [6, 6.07) is 8.65. The zero-order valence-electron chi connectivity index (χ0n) is 13.7. The standard InChI is InChI=1S/C18H27N3O/c1-4-15(5-2)18(22)12-20-14(3)16-6-8-17(9-7-16)21-11-10-19-13-21/h6-11,13-15,18,20,22H,4-5,12H2,1-3H3. The van der Waals surface area contributed by atoms with Gasteiger partial charge in [0.2, 0.25) is 0 Å². The van der Waals surface area contributed by atoms with Gasteiger partial charge in [0.25, 0.3) is 0 Å². The summed E-state index contributed by atoms with van der Waals surface area (Å²) >= 11 is 0. The van der Waals surface area contributed by atoms with E-state index >= 15 is 0 Å². The zero-order chi connectivity index (χ0) is 15.9. The van der Waals surface area contributed by atoms with Crippen molar-refractivity contribution in [2.45, 2.75) is 45.8 Å². The van der Waals surface area contributed by atoms with Crippen molar-refractivity contribution in [3.05, 3.63) is 48.5 Å². The maximum absolute atomic E-state index is 10.2. The van der Waals surface area contributed by atoms with Crippen molar-refractivity contribution in [1.82, 2.24) is 14.9 Å². The third-order valence-electron chi connectivity index (χ3n) is 4.42. The van der Waals surface area contributed by atoms with Crippen LogP contribution in [0, 0.1) is 5.92 Å². The summed E-state index contributed by atoms with van der Waals surface area (Å²) in [4.78, 5) is 4.06. The molecule has 0 aliphatic carbocycles. The van der Waals surface area contributed by atoms with Gasteiger partial charge in [0.05, 0.1) is 12.4 Å². The lowest BCUT2D eigenvalue weighted by atomic mass is 9.96. The highest BCUT2D eigenvalue weighted by Crippen LogP contribution is 2.17. The van der Waals surface area contributed by atoms with Gasteiger partial charge < -0.3 is 15.0 Å². The van der Waals surface area contributed by atoms with Crippen molar-refractivity contribution in [3.8, 4) is 5.69 Å². The lowest BCUT2D eigenvalue weighted by Gasteiger charge is -2.23. The van der Waals surface area contributed by atoms with Crippen LogP contribution in [0.4, 0.5) is 0 Å². The molecule has 0 saturated carbocycles. The van der Waals surface area contributed by atoms with Crippen molar-refractivity contribution < 1.29 is 5.11 Å². The van der Waals surface area contributed by atoms with Crippen molar-refractivity contribution in [3.63, 3.8) is 0 Å². The Morgan fingerprint density at radius 3 is 2.41 bits per heavy atom. The second-order valence-corrected chi connectivity index (χ2v) is 5.84. The van der Waals surface area contributed by atoms with Gasteiger partial charge in [-0.05, 0) is 30.5 Å². The molecule has 2 N–H and O–H groups in total. The van der Waals surface area contributed by atoms with Crippen LogP contribution in [-0.2, 0) is 0 Å². The zero-order valence-corrected chi connectivity index (χ0v) is 13.7. The number of hydrogen-bond donors (Lipinski definition) is 2. The van der Waals surface area contributed by atoms with E-state index < -0.39 is 0 Å². The first-order chi connectivity index (χ1) is 10.7. The molecule has 4 nitrogen and oxygen atoms in total. The molecule has 0 saturated heterocycles. The number of hydrogen-bond acceptors (Lipinski definition) is 3. The summed E-state index contributed by atoms with van der Waals surface area (Å²) in [5, 5.41) is 13.6. The van der Waals surface area contributed by atoms with E-state index in [0.717, 1.165) is 18.5 Å². The van der Waals surface area contributed by atoms with Gasteiger partial charge in [0.15, 0.2) is 0 Å². The molecular weight excluding hydrogens is 274 g/mol. The second-order valence-electron chi connectivity index (χ2n) is 5.84. The fraction of sp³-hybridized carbons (Fsp3) is 0.500. The Bertz CT molecular complexity index is 532. The Morgan fingerprint density at radius 2 is 1.86 bits per heavy atom. The minimum Gasteiger partial charge on any atom is -0.392 e. The lowest BCUT2D eigenvalue weighted by Crippen LogP contribution is -2.33. The van der Waals surface area contributed by atoms with E-state index in [9.17, 15) is 5.11 Å². The number of rotatable bonds is 8. The molecule has 1 heterocycles. The minimum atomic E-state index is -0.275. The summed E-state index contributed by atoms with van der Waals surface area (Å²) in [5.74, 6) is 0.378. The maximum atomic E-state index is 10.2. The SMILES string of the molecule is CCC(CC)C(O)CNC(C)c1ccc(-n2ccnc2)cc1. The van der Waals surface area contributed by atoms with Gasteiger partial charge in [-0.3, -0.25) is 0 Å². The van der Waals surface area contributed by atoms with Gasteiger partial charge in [0.1, 0.15) is 0 Å². The van der Waals surface area contributed by atoms with Crippen LogP contribution >= 0.6 is 0 Å². The van der Waals surface area contributed by atoms with Crippen LogP contribution in [0.25, 0.3) is 5.69 Å². The van der Waals surface area contributed by atoms with Gasteiger partial charge in [-0.25, -0.2) is 4.98 Å². The third-order valence-corrected chi connectivity index (χ3v) is 4.42. The highest BCUT2D eigenvalue weighted by molar-refractivity contribution is 5.35. The highest BCUT2D eigenvalue weighted by atomic mass is 16.3. The van der Waals surface area contributed by atoms with Crippen LogP contribution in [0.15, 0.2) is 43.0 Å². The molecule has 22 heavy (non-hydrogen) atoms. The van der Waals surface area contributed by atoms with Crippen LogP contribution < -0.4 is 5.32 Å². The summed E-state index contributed by atoms with van der Waals surface area (Å²) in [6.45, 7) is 7.04. The van der Waals surface area contributed by atoms with Crippen molar-refractivity contribution >= 4 is 0 Å². The summed E-state index contributed by atoms with van der Waals surface area (Å²) in [5.41, 5.74) is 2.33. The molecule has 1 aromatic heterocycles. The molecule has 2 unspecified atom stereocenters. The normalized spacial score (nSPS) is 14.2. The van der Waals surface area contributed by atoms with Crippen molar-refractivity contribution in [1.29, 1.82) is 0 Å². The largest absolute Gasteiger partial charge is 0.392 e. The van der Waals surface area contributed by atoms with Gasteiger partial charge in [-0.2, -0.15) is 0 Å². The first-order valence-electron chi connectivity index (χ1n) is 8.15. The molecule has 0 amide bonds. The van der Waals surface area contributed by atoms with E-state index in [4.69, 9.17) is 0 Å². The van der Waals surface area contributed by atoms with Crippen molar-refractivity contribution in [2.75, 3.05) is 6.54 Å². The molecular formula is C18H27N3O. The first kappa shape index (κ1) is 16.7. The Labute approximate surface area is 133 Å². The van der Waals surface area contributed by atoms with Crippen LogP contribution in [0.2, 0.25) is 0 Å². The van der Waals surface area contributed by atoms with E-state index in [0.29, 0.717) is 12.5 Å². The molecule has 1 aromatic carbocycles. The minimum absolute atomic E-state index is 0.223. The average Bonchev–Trinajstić information content (AvgIpc) is 3.08. The average molecular weight is 301 g/mol. The molecule has 2 atom stereocenters. The number of nitrogens with zero attached hydrogens (tertiary/aromatic N) is 2. The Morgan fingerprint density at radius 1 is 1.18 bits per heavy atom. The van der Waals surface area contributed by atoms with Gasteiger partial charge in [0, 0.05) is 30.7 Å². The maximum Gasteiger partial charge on any atom is 0.0991 e. The van der Waals surface area contributed by atoms with Crippen LogP contribution in [0.1, 0.15) is 45.2 Å². The second kappa shape index (κ2) is 8.11. The fourth-order valence-electron chi connectivity index (χ4n) is 2.76. The molecule has 0 radical (unpaired) electrons. The summed E-state index contributed by atoms with van der Waals surface area (Å²) < 4.78 is 1.98. The van der Waals surface area contributed by atoms with E-state index in [1.54, 1.807) is 12.5 Å². The molecule has 2 rings (SSSR count). The fourth-order valence-corrected chi connectivity index (χ4v) is 2.76. The smallest absolute Gasteiger partial charge is 0.0991 e. The highest BCUT2D eigenvalue weighted by Gasteiger charge is 2.16. The number of nitrogens with one attached hydrogen (secondary N) is 1. The molecule has 0 fully saturated rings. The number of benzene rings is 1. The predicted molar refractivity (Wildman–Crippen MR) is 90.1 cm³/mol. The molecule has 0 aliphatic rings. The van der Waals surface area contributed by atoms with Crippen molar-refractivity contribution in [2.24, 2.45) is 5.92 Å². The summed E-state index contributed by atoms with van der Waals surface area (Å²) in [6.07, 6.45) is 7.27. The van der Waals surface area contributed by atoms with E-state index in [2.05, 4.69) is 55.3 Å². The van der Waals surface area contributed by atoms with Crippen LogP contribution in [0.3, 0.4) is 0 Å². The van der Waals surface area contributed by atoms with E-state index in [-0.39, 0.29) is 12.1 Å². The number of aliphatic hydroxyl groups is 1. The molecule has 120 valence electrons. The predicted octanol–water partition coefficient (Wildman–Crippen LogP) is 3.32. The Kier molecular flexibility index (Phi) is 6.16. The molecule has 0 aliphatic heterocycles. The van der Waals surface area contributed by atoms with Gasteiger partial charge in [-0.15, -0.1) is 0 Å². The Hall–Kier alpha value is -1.65. The van der Waals surface area contributed by atoms with Crippen LogP contribution in [0.5, 0.6) is 0 Å². The monoisotopic (exact) mass is 301 g/mol. The molecule has 4 heteroatoms. The number of aromatic nitrogens is 2. The van der Waals surface area contributed by atoms with E-state index in [1.165, 1.54) is 5.56 Å². The molecule has 0 bridgehead atoms. The van der Waals surface area contributed by atoms with Gasteiger partial charge in [-0.1, -0.05) is 38.8 Å². The summed E-state index contributed by atoms with van der Waals surface area (Å²) in [7, 11) is 0. The third kappa shape index (κ3) is 4.18. The molecule has 2 aromatic rings. The van der Waals surface area contributed by atoms with Crippen LogP contribution in [-0.4, -0.2) is 27.3 Å². The quantitative estimate of drug-likeness (QED) is 0.786.